The molecule has 2 rings (SSSR count). The molecule has 0 saturated heterocycles. The molecule has 134 valence electrons. The number of thioether (sulfide) groups is 1. The average molecular weight is 480 g/mol. The highest BCUT2D eigenvalue weighted by atomic mass is 127. The molecule has 2 aromatic rings. The van der Waals surface area contributed by atoms with Crippen LogP contribution in [0.3, 0.4) is 0 Å². The lowest BCUT2D eigenvalue weighted by molar-refractivity contribution is 0.711. The van der Waals surface area contributed by atoms with Gasteiger partial charge in [-0.05, 0) is 47.7 Å². The number of rotatable bonds is 8. The molecule has 0 unspecified atom stereocenters. The fourth-order valence-electron chi connectivity index (χ4n) is 1.92. The molecule has 0 atom stereocenters. The Morgan fingerprint density at radius 3 is 2.83 bits per heavy atom. The first-order valence-electron chi connectivity index (χ1n) is 7.57. The number of guanidine groups is 1. The summed E-state index contributed by atoms with van der Waals surface area (Å²) in [5.74, 6) is 3.77. The van der Waals surface area contributed by atoms with Gasteiger partial charge in [-0.3, -0.25) is 0 Å². The SMILES string of the molecule is CSCCCNC(=NCc1ccsc1)NCc1nnc(C)n1C.I. The minimum absolute atomic E-state index is 0. The third kappa shape index (κ3) is 6.98. The number of hydrogen-bond donors (Lipinski definition) is 2. The highest BCUT2D eigenvalue weighted by Gasteiger charge is 2.06. The molecule has 0 radical (unpaired) electrons. The number of aryl methyl sites for hydroxylation is 1. The van der Waals surface area contributed by atoms with Crippen molar-refractivity contribution in [1.82, 2.24) is 25.4 Å². The Morgan fingerprint density at radius 1 is 1.38 bits per heavy atom. The zero-order chi connectivity index (χ0) is 16.5. The van der Waals surface area contributed by atoms with Crippen LogP contribution in [0.1, 0.15) is 23.6 Å². The van der Waals surface area contributed by atoms with E-state index in [9.17, 15) is 0 Å². The van der Waals surface area contributed by atoms with Crippen molar-refractivity contribution in [1.29, 1.82) is 0 Å². The molecule has 2 heterocycles. The molecule has 6 nitrogen and oxygen atoms in total. The van der Waals surface area contributed by atoms with Gasteiger partial charge in [0.15, 0.2) is 11.8 Å². The van der Waals surface area contributed by atoms with Crippen molar-refractivity contribution in [3.8, 4) is 0 Å². The third-order valence-electron chi connectivity index (χ3n) is 3.41. The molecule has 0 aliphatic rings. The molecule has 0 aromatic carbocycles. The van der Waals surface area contributed by atoms with Gasteiger partial charge in [0.1, 0.15) is 5.82 Å². The topological polar surface area (TPSA) is 67.1 Å². The Kier molecular flexibility index (Phi) is 10.3. The Labute approximate surface area is 169 Å². The Balaban J connectivity index is 0.00000288. The van der Waals surface area contributed by atoms with Gasteiger partial charge in [0.25, 0.3) is 0 Å². The normalized spacial score (nSPS) is 11.2. The predicted octanol–water partition coefficient (Wildman–Crippen LogP) is 2.79. The monoisotopic (exact) mass is 480 g/mol. The maximum Gasteiger partial charge on any atom is 0.191 e. The van der Waals surface area contributed by atoms with Crippen LogP contribution in [0, 0.1) is 6.92 Å². The molecule has 24 heavy (non-hydrogen) atoms. The molecule has 0 aliphatic carbocycles. The van der Waals surface area contributed by atoms with E-state index in [1.165, 1.54) is 5.56 Å². The van der Waals surface area contributed by atoms with Crippen LogP contribution < -0.4 is 10.6 Å². The molecule has 0 spiro atoms. The second kappa shape index (κ2) is 11.7. The minimum atomic E-state index is 0. The van der Waals surface area contributed by atoms with E-state index in [-0.39, 0.29) is 24.0 Å². The fourth-order valence-corrected chi connectivity index (χ4v) is 3.01. The summed E-state index contributed by atoms with van der Waals surface area (Å²) in [5, 5.41) is 19.2. The van der Waals surface area contributed by atoms with E-state index >= 15 is 0 Å². The summed E-state index contributed by atoms with van der Waals surface area (Å²) >= 11 is 3.56. The van der Waals surface area contributed by atoms with Crippen molar-refractivity contribution >= 4 is 53.0 Å². The molecule has 9 heteroatoms. The van der Waals surface area contributed by atoms with E-state index in [2.05, 4.69) is 48.9 Å². The zero-order valence-corrected chi connectivity index (χ0v) is 18.2. The lowest BCUT2D eigenvalue weighted by Gasteiger charge is -2.12. The first-order valence-corrected chi connectivity index (χ1v) is 9.91. The molecule has 2 aromatic heterocycles. The largest absolute Gasteiger partial charge is 0.356 e. The minimum Gasteiger partial charge on any atom is -0.356 e. The smallest absolute Gasteiger partial charge is 0.191 e. The molecule has 2 N–H and O–H groups in total. The van der Waals surface area contributed by atoms with Crippen molar-refractivity contribution in [3.63, 3.8) is 0 Å². The second-order valence-electron chi connectivity index (χ2n) is 5.15. The molecule has 0 bridgehead atoms. The van der Waals surface area contributed by atoms with Crippen molar-refractivity contribution in [2.45, 2.75) is 26.4 Å². The Bertz CT molecular complexity index is 612. The molecular weight excluding hydrogens is 455 g/mol. The lowest BCUT2D eigenvalue weighted by atomic mass is 10.3. The van der Waals surface area contributed by atoms with Gasteiger partial charge in [-0.15, -0.1) is 34.2 Å². The van der Waals surface area contributed by atoms with Gasteiger partial charge in [-0.25, -0.2) is 4.99 Å². The quantitative estimate of drug-likeness (QED) is 0.263. The zero-order valence-electron chi connectivity index (χ0n) is 14.3. The van der Waals surface area contributed by atoms with Crippen LogP contribution in [0.5, 0.6) is 0 Å². The van der Waals surface area contributed by atoms with E-state index in [0.717, 1.165) is 36.3 Å². The number of thiophene rings is 1. The van der Waals surface area contributed by atoms with Crippen LogP contribution in [-0.2, 0) is 20.1 Å². The Morgan fingerprint density at radius 2 is 2.21 bits per heavy atom. The predicted molar refractivity (Wildman–Crippen MR) is 114 cm³/mol. The maximum absolute atomic E-state index is 4.65. The van der Waals surface area contributed by atoms with Crippen molar-refractivity contribution in [2.24, 2.45) is 12.0 Å². The van der Waals surface area contributed by atoms with Crippen LogP contribution in [0.25, 0.3) is 0 Å². The summed E-state index contributed by atoms with van der Waals surface area (Å²) in [4.78, 5) is 4.65. The number of aromatic nitrogens is 3. The molecule has 0 aliphatic heterocycles. The van der Waals surface area contributed by atoms with Gasteiger partial charge >= 0.3 is 0 Å². The lowest BCUT2D eigenvalue weighted by Crippen LogP contribution is -2.38. The van der Waals surface area contributed by atoms with Crippen molar-refractivity contribution in [2.75, 3.05) is 18.6 Å². The highest BCUT2D eigenvalue weighted by molar-refractivity contribution is 14.0. The van der Waals surface area contributed by atoms with Crippen LogP contribution in [0.4, 0.5) is 0 Å². The van der Waals surface area contributed by atoms with Crippen molar-refractivity contribution in [3.05, 3.63) is 34.0 Å². The number of aliphatic imine (C=N–C) groups is 1. The molecule has 0 amide bonds. The number of nitrogens with zero attached hydrogens (tertiary/aromatic N) is 4. The van der Waals surface area contributed by atoms with Crippen LogP contribution in [0.15, 0.2) is 21.8 Å². The molecule has 0 saturated carbocycles. The van der Waals surface area contributed by atoms with E-state index in [4.69, 9.17) is 0 Å². The van der Waals surface area contributed by atoms with E-state index < -0.39 is 0 Å². The van der Waals surface area contributed by atoms with Gasteiger partial charge in [-0.1, -0.05) is 0 Å². The number of halogens is 1. The van der Waals surface area contributed by atoms with Gasteiger partial charge in [0.05, 0.1) is 13.1 Å². The summed E-state index contributed by atoms with van der Waals surface area (Å²) in [7, 11) is 1.97. The maximum atomic E-state index is 4.65. The summed E-state index contributed by atoms with van der Waals surface area (Å²) in [6, 6.07) is 2.10. The van der Waals surface area contributed by atoms with Gasteiger partial charge < -0.3 is 15.2 Å². The van der Waals surface area contributed by atoms with Gasteiger partial charge in [-0.2, -0.15) is 23.1 Å². The Hall–Kier alpha value is -0.810. The molecular formula is C15H25IN6S2. The molecule has 0 fully saturated rings. The number of nitrogens with one attached hydrogen (secondary N) is 2. The second-order valence-corrected chi connectivity index (χ2v) is 6.91. The van der Waals surface area contributed by atoms with Crippen LogP contribution in [-0.4, -0.2) is 39.3 Å². The first-order chi connectivity index (χ1) is 11.2. The van der Waals surface area contributed by atoms with Crippen LogP contribution >= 0.6 is 47.1 Å². The van der Waals surface area contributed by atoms with E-state index in [0.29, 0.717) is 13.1 Å². The summed E-state index contributed by atoms with van der Waals surface area (Å²) in [6.45, 7) is 4.14. The summed E-state index contributed by atoms with van der Waals surface area (Å²) in [6.07, 6.45) is 3.24. The van der Waals surface area contributed by atoms with Crippen molar-refractivity contribution < 1.29 is 0 Å². The van der Waals surface area contributed by atoms with Gasteiger partial charge in [0.2, 0.25) is 0 Å². The van der Waals surface area contributed by atoms with E-state index in [1.807, 2.05) is 30.3 Å². The van der Waals surface area contributed by atoms with E-state index in [1.54, 1.807) is 11.3 Å². The average Bonchev–Trinajstić information content (AvgIpc) is 3.18. The highest BCUT2D eigenvalue weighted by Crippen LogP contribution is 2.07. The van der Waals surface area contributed by atoms with Gasteiger partial charge in [0, 0.05) is 13.6 Å². The number of hydrogen-bond acceptors (Lipinski definition) is 5. The van der Waals surface area contributed by atoms with Crippen LogP contribution in [0.2, 0.25) is 0 Å². The fraction of sp³-hybridized carbons (Fsp3) is 0.533. The summed E-state index contributed by atoms with van der Waals surface area (Å²) in [5.41, 5.74) is 1.23. The third-order valence-corrected chi connectivity index (χ3v) is 4.84. The summed E-state index contributed by atoms with van der Waals surface area (Å²) < 4.78 is 1.98. The standard InChI is InChI=1S/C15H24N6S2.HI/c1-12-19-20-14(21(12)2)10-18-15(16-6-4-7-22-3)17-9-13-5-8-23-11-13;/h5,8,11H,4,6-7,9-10H2,1-3H3,(H2,16,17,18);1H. The first kappa shape index (κ1) is 21.2.